The molecule has 1 aromatic rings. The van der Waals surface area contributed by atoms with Gasteiger partial charge in [-0.05, 0) is 0 Å². The molecule has 4 nitrogen and oxygen atoms in total. The highest BCUT2D eigenvalue weighted by Crippen LogP contribution is 1.99. The molecule has 0 aliphatic heterocycles. The van der Waals surface area contributed by atoms with Crippen LogP contribution in [0.2, 0.25) is 0 Å². The molecule has 0 amide bonds. The van der Waals surface area contributed by atoms with E-state index in [0.717, 1.165) is 0 Å². The Labute approximate surface area is 57.9 Å². The van der Waals surface area contributed by atoms with Gasteiger partial charge in [-0.25, -0.2) is 4.98 Å². The fourth-order valence-electron chi connectivity index (χ4n) is 0.485. The summed E-state index contributed by atoms with van der Waals surface area (Å²) >= 11 is 0. The van der Waals surface area contributed by atoms with Crippen LogP contribution in [0.25, 0.3) is 0 Å². The minimum absolute atomic E-state index is 0.231. The first-order valence-electron chi connectivity index (χ1n) is 2.73. The zero-order chi connectivity index (χ0) is 7.40. The van der Waals surface area contributed by atoms with E-state index in [2.05, 4.69) is 14.7 Å². The number of hydrogen-bond donors (Lipinski definition) is 0. The van der Waals surface area contributed by atoms with Gasteiger partial charge >= 0.3 is 5.97 Å². The number of rotatable bonds is 1. The van der Waals surface area contributed by atoms with Crippen molar-refractivity contribution >= 4 is 5.97 Å². The van der Waals surface area contributed by atoms with Crippen molar-refractivity contribution in [1.82, 2.24) is 9.97 Å². The van der Waals surface area contributed by atoms with E-state index in [1.165, 1.54) is 25.5 Å². The van der Waals surface area contributed by atoms with Crippen molar-refractivity contribution in [2.45, 2.75) is 6.92 Å². The van der Waals surface area contributed by atoms with Crippen LogP contribution in [0, 0.1) is 0 Å². The number of carbonyl (C=O) groups is 1. The SMILES string of the molecule is CC(=O)Oc1cnccn1. The summed E-state index contributed by atoms with van der Waals surface area (Å²) in [5.41, 5.74) is 0. The van der Waals surface area contributed by atoms with Crippen molar-refractivity contribution in [2.24, 2.45) is 0 Å². The van der Waals surface area contributed by atoms with E-state index in [-0.39, 0.29) is 11.8 Å². The van der Waals surface area contributed by atoms with Gasteiger partial charge < -0.3 is 4.74 Å². The smallest absolute Gasteiger partial charge is 0.309 e. The fraction of sp³-hybridized carbons (Fsp3) is 0.167. The summed E-state index contributed by atoms with van der Waals surface area (Å²) in [7, 11) is 0. The molecule has 52 valence electrons. The summed E-state index contributed by atoms with van der Waals surface area (Å²) < 4.78 is 4.60. The molecule has 1 aromatic heterocycles. The van der Waals surface area contributed by atoms with E-state index >= 15 is 0 Å². The lowest BCUT2D eigenvalue weighted by Gasteiger charge is -1.95. The minimum Gasteiger partial charge on any atom is -0.406 e. The van der Waals surface area contributed by atoms with E-state index in [4.69, 9.17) is 0 Å². The molecule has 0 atom stereocenters. The van der Waals surface area contributed by atoms with Crippen molar-refractivity contribution in [3.63, 3.8) is 0 Å². The summed E-state index contributed by atoms with van der Waals surface area (Å²) in [4.78, 5) is 17.7. The van der Waals surface area contributed by atoms with Crippen LogP contribution in [-0.4, -0.2) is 15.9 Å². The van der Waals surface area contributed by atoms with Gasteiger partial charge in [-0.3, -0.25) is 9.78 Å². The van der Waals surface area contributed by atoms with Crippen LogP contribution in [0.1, 0.15) is 6.92 Å². The highest BCUT2D eigenvalue weighted by molar-refractivity contribution is 5.68. The third kappa shape index (κ3) is 1.81. The second kappa shape index (κ2) is 2.91. The zero-order valence-corrected chi connectivity index (χ0v) is 5.44. The van der Waals surface area contributed by atoms with Crippen LogP contribution < -0.4 is 4.74 Å². The molecule has 4 heteroatoms. The van der Waals surface area contributed by atoms with E-state index in [1.807, 2.05) is 0 Å². The number of carbonyl (C=O) groups excluding carboxylic acids is 1. The van der Waals surface area contributed by atoms with Gasteiger partial charge in [0.1, 0.15) is 0 Å². The maximum atomic E-state index is 10.3. The minimum atomic E-state index is -0.388. The van der Waals surface area contributed by atoms with Crippen molar-refractivity contribution in [3.05, 3.63) is 18.6 Å². The molecular weight excluding hydrogens is 132 g/mol. The second-order valence-electron chi connectivity index (χ2n) is 1.64. The van der Waals surface area contributed by atoms with Gasteiger partial charge in [-0.2, -0.15) is 0 Å². The first kappa shape index (κ1) is 6.67. The maximum absolute atomic E-state index is 10.3. The first-order valence-corrected chi connectivity index (χ1v) is 2.73. The van der Waals surface area contributed by atoms with Crippen molar-refractivity contribution in [3.8, 4) is 5.88 Å². The number of aromatic nitrogens is 2. The molecule has 1 heterocycles. The van der Waals surface area contributed by atoms with Gasteiger partial charge in [0.05, 0.1) is 6.20 Å². The van der Waals surface area contributed by atoms with Crippen molar-refractivity contribution < 1.29 is 9.53 Å². The average Bonchev–Trinajstić information content (AvgIpc) is 1.88. The molecule has 0 radical (unpaired) electrons. The van der Waals surface area contributed by atoms with Gasteiger partial charge in [0.25, 0.3) is 0 Å². The first-order chi connectivity index (χ1) is 4.79. The van der Waals surface area contributed by atoms with E-state index in [1.54, 1.807) is 0 Å². The number of nitrogens with zero attached hydrogens (tertiary/aromatic N) is 2. The molecule has 0 aliphatic rings. The number of hydrogen-bond acceptors (Lipinski definition) is 4. The number of ether oxygens (including phenoxy) is 1. The Hall–Kier alpha value is -1.45. The van der Waals surface area contributed by atoms with E-state index in [0.29, 0.717) is 0 Å². The molecule has 0 saturated heterocycles. The maximum Gasteiger partial charge on any atom is 0.309 e. The van der Waals surface area contributed by atoms with Crippen LogP contribution in [0.4, 0.5) is 0 Å². The molecule has 0 bridgehead atoms. The van der Waals surface area contributed by atoms with Crippen LogP contribution in [0.5, 0.6) is 5.88 Å². The topological polar surface area (TPSA) is 52.1 Å². The molecule has 1 rings (SSSR count). The van der Waals surface area contributed by atoms with Crippen LogP contribution in [-0.2, 0) is 4.79 Å². The lowest BCUT2D eigenvalue weighted by molar-refractivity contribution is -0.132. The highest BCUT2D eigenvalue weighted by atomic mass is 16.5. The predicted octanol–water partition coefficient (Wildman–Crippen LogP) is 0.402. The Morgan fingerprint density at radius 1 is 1.60 bits per heavy atom. The fourth-order valence-corrected chi connectivity index (χ4v) is 0.485. The standard InChI is InChI=1S/C6H6N2O2/c1-5(9)10-6-4-7-2-3-8-6/h2-4H,1H3. The Balaban J connectivity index is 2.67. The molecule has 0 aromatic carbocycles. The summed E-state index contributed by atoms with van der Waals surface area (Å²) in [5.74, 6) is -0.157. The predicted molar refractivity (Wildman–Crippen MR) is 33.3 cm³/mol. The Bertz CT molecular complexity index is 222. The monoisotopic (exact) mass is 138 g/mol. The second-order valence-corrected chi connectivity index (χ2v) is 1.64. The average molecular weight is 138 g/mol. The lowest BCUT2D eigenvalue weighted by atomic mass is 10.7. The van der Waals surface area contributed by atoms with Crippen molar-refractivity contribution in [1.29, 1.82) is 0 Å². The highest BCUT2D eigenvalue weighted by Gasteiger charge is 1.95. The molecule has 0 saturated carbocycles. The van der Waals surface area contributed by atoms with Crippen LogP contribution in [0.3, 0.4) is 0 Å². The molecule has 0 aliphatic carbocycles. The normalized spacial score (nSPS) is 8.90. The van der Waals surface area contributed by atoms with Gasteiger partial charge in [0.2, 0.25) is 5.88 Å². The summed E-state index contributed by atoms with van der Waals surface area (Å²) in [5, 5.41) is 0. The summed E-state index contributed by atoms with van der Waals surface area (Å²) in [6.45, 7) is 1.31. The van der Waals surface area contributed by atoms with Gasteiger partial charge in [-0.1, -0.05) is 0 Å². The third-order valence-electron chi connectivity index (χ3n) is 0.788. The van der Waals surface area contributed by atoms with Gasteiger partial charge in [0, 0.05) is 19.3 Å². The number of esters is 1. The molecule has 10 heavy (non-hydrogen) atoms. The molecule has 0 unspecified atom stereocenters. The summed E-state index contributed by atoms with van der Waals surface area (Å²) in [6, 6.07) is 0. The van der Waals surface area contributed by atoms with Crippen LogP contribution in [0.15, 0.2) is 18.6 Å². The molecule has 0 fully saturated rings. The van der Waals surface area contributed by atoms with Gasteiger partial charge in [0.15, 0.2) is 0 Å². The Kier molecular flexibility index (Phi) is 1.94. The van der Waals surface area contributed by atoms with Crippen molar-refractivity contribution in [2.75, 3.05) is 0 Å². The van der Waals surface area contributed by atoms with E-state index < -0.39 is 0 Å². The lowest BCUT2D eigenvalue weighted by Crippen LogP contribution is -2.02. The molecule has 0 spiro atoms. The Morgan fingerprint density at radius 2 is 2.40 bits per heavy atom. The quantitative estimate of drug-likeness (QED) is 0.527. The Morgan fingerprint density at radius 3 is 2.90 bits per heavy atom. The molecule has 0 N–H and O–H groups in total. The molecular formula is C6H6N2O2. The largest absolute Gasteiger partial charge is 0.406 e. The van der Waals surface area contributed by atoms with Gasteiger partial charge in [-0.15, -0.1) is 0 Å². The third-order valence-corrected chi connectivity index (χ3v) is 0.788. The van der Waals surface area contributed by atoms with Crippen LogP contribution >= 0.6 is 0 Å². The van der Waals surface area contributed by atoms with E-state index in [9.17, 15) is 4.79 Å². The summed E-state index contributed by atoms with van der Waals surface area (Å²) in [6.07, 6.45) is 4.34. The zero-order valence-electron chi connectivity index (χ0n) is 5.44.